The number of hydrogen-bond donors (Lipinski definition) is 1. The molecule has 2 rings (SSSR count). The van der Waals surface area contributed by atoms with Crippen molar-refractivity contribution in [2.45, 2.75) is 52.1 Å². The van der Waals surface area contributed by atoms with Crippen molar-refractivity contribution < 1.29 is 0 Å². The van der Waals surface area contributed by atoms with E-state index in [0.717, 1.165) is 12.5 Å². The van der Waals surface area contributed by atoms with Crippen molar-refractivity contribution in [2.75, 3.05) is 19.6 Å². The Morgan fingerprint density at radius 2 is 2.00 bits per heavy atom. The van der Waals surface area contributed by atoms with E-state index in [9.17, 15) is 0 Å². The predicted molar refractivity (Wildman–Crippen MR) is 86.9 cm³/mol. The maximum absolute atomic E-state index is 3.71. The van der Waals surface area contributed by atoms with E-state index in [2.05, 4.69) is 61.3 Å². The lowest BCUT2D eigenvalue weighted by molar-refractivity contribution is 0.101. The number of benzene rings is 1. The summed E-state index contributed by atoms with van der Waals surface area (Å²) in [5, 5.41) is 3.71. The summed E-state index contributed by atoms with van der Waals surface area (Å²) in [7, 11) is 0. The summed E-state index contributed by atoms with van der Waals surface area (Å²) in [6.45, 7) is 10.6. The van der Waals surface area contributed by atoms with Crippen LogP contribution in [0.4, 0.5) is 0 Å². The van der Waals surface area contributed by atoms with Crippen LogP contribution in [0, 0.1) is 5.92 Å². The molecule has 112 valence electrons. The predicted octanol–water partition coefficient (Wildman–Crippen LogP) is 3.85. The third-order valence-electron chi connectivity index (χ3n) is 4.61. The van der Waals surface area contributed by atoms with Gasteiger partial charge in [-0.05, 0) is 37.3 Å². The monoisotopic (exact) mass is 274 g/mol. The lowest BCUT2D eigenvalue weighted by Gasteiger charge is -2.41. The highest BCUT2D eigenvalue weighted by Gasteiger charge is 2.29. The molecule has 1 aromatic carbocycles. The van der Waals surface area contributed by atoms with E-state index in [1.807, 2.05) is 0 Å². The molecular weight excluding hydrogens is 244 g/mol. The molecule has 0 spiro atoms. The molecule has 0 aromatic heterocycles. The molecule has 3 atom stereocenters. The Labute approximate surface area is 124 Å². The SMILES string of the molecule is CCCNC1CCN(C(CC)c2ccccc2)CC1C. The maximum atomic E-state index is 3.71. The van der Waals surface area contributed by atoms with Gasteiger partial charge in [0.05, 0.1) is 0 Å². The summed E-state index contributed by atoms with van der Waals surface area (Å²) in [6.07, 6.45) is 3.71. The van der Waals surface area contributed by atoms with Gasteiger partial charge in [0.15, 0.2) is 0 Å². The standard InChI is InChI=1S/C18H30N2/c1-4-12-19-17-11-13-20(14-15(17)3)18(5-2)16-9-7-6-8-10-16/h6-10,15,17-19H,4-5,11-14H2,1-3H3. The minimum Gasteiger partial charge on any atom is -0.314 e. The quantitative estimate of drug-likeness (QED) is 0.847. The van der Waals surface area contributed by atoms with Crippen molar-refractivity contribution in [3.63, 3.8) is 0 Å². The van der Waals surface area contributed by atoms with Crippen molar-refractivity contribution in [2.24, 2.45) is 5.92 Å². The summed E-state index contributed by atoms with van der Waals surface area (Å²) in [5.41, 5.74) is 1.47. The van der Waals surface area contributed by atoms with E-state index in [-0.39, 0.29) is 0 Å². The van der Waals surface area contributed by atoms with Gasteiger partial charge in [-0.1, -0.05) is 51.1 Å². The van der Waals surface area contributed by atoms with E-state index >= 15 is 0 Å². The molecule has 1 heterocycles. The smallest absolute Gasteiger partial charge is 0.0345 e. The first-order valence-electron chi connectivity index (χ1n) is 8.28. The van der Waals surface area contributed by atoms with Crippen LogP contribution in [0.3, 0.4) is 0 Å². The molecule has 3 unspecified atom stereocenters. The van der Waals surface area contributed by atoms with Crippen LogP contribution in [-0.2, 0) is 0 Å². The lowest BCUT2D eigenvalue weighted by atomic mass is 9.91. The molecule has 0 saturated carbocycles. The van der Waals surface area contributed by atoms with Gasteiger partial charge in [0.25, 0.3) is 0 Å². The molecule has 2 nitrogen and oxygen atoms in total. The van der Waals surface area contributed by atoms with Crippen molar-refractivity contribution >= 4 is 0 Å². The summed E-state index contributed by atoms with van der Waals surface area (Å²) in [5.74, 6) is 0.744. The second kappa shape index (κ2) is 7.80. The van der Waals surface area contributed by atoms with Gasteiger partial charge < -0.3 is 5.32 Å². The van der Waals surface area contributed by atoms with Crippen molar-refractivity contribution in [3.05, 3.63) is 35.9 Å². The highest BCUT2D eigenvalue weighted by atomic mass is 15.2. The summed E-state index contributed by atoms with van der Waals surface area (Å²) in [6, 6.07) is 12.3. The molecule has 1 aliphatic rings. The van der Waals surface area contributed by atoms with E-state index in [4.69, 9.17) is 0 Å². The van der Waals surface area contributed by atoms with E-state index < -0.39 is 0 Å². The molecule has 0 aliphatic carbocycles. The zero-order valence-electron chi connectivity index (χ0n) is 13.3. The Balaban J connectivity index is 1.97. The molecular formula is C18H30N2. The van der Waals surface area contributed by atoms with Gasteiger partial charge in [-0.2, -0.15) is 0 Å². The van der Waals surface area contributed by atoms with Crippen molar-refractivity contribution in [1.82, 2.24) is 10.2 Å². The van der Waals surface area contributed by atoms with Crippen LogP contribution >= 0.6 is 0 Å². The van der Waals surface area contributed by atoms with Crippen LogP contribution in [0.15, 0.2) is 30.3 Å². The number of likely N-dealkylation sites (tertiary alicyclic amines) is 1. The molecule has 1 N–H and O–H groups in total. The Kier molecular flexibility index (Phi) is 6.06. The van der Waals surface area contributed by atoms with Crippen LogP contribution in [0.2, 0.25) is 0 Å². The van der Waals surface area contributed by atoms with Crippen LogP contribution in [0.5, 0.6) is 0 Å². The largest absolute Gasteiger partial charge is 0.314 e. The number of hydrogen-bond acceptors (Lipinski definition) is 2. The average molecular weight is 274 g/mol. The summed E-state index contributed by atoms with van der Waals surface area (Å²) < 4.78 is 0. The van der Waals surface area contributed by atoms with Gasteiger partial charge in [-0.15, -0.1) is 0 Å². The minimum absolute atomic E-state index is 0.589. The first-order valence-corrected chi connectivity index (χ1v) is 8.28. The fourth-order valence-corrected chi connectivity index (χ4v) is 3.47. The highest BCUT2D eigenvalue weighted by Crippen LogP contribution is 2.29. The van der Waals surface area contributed by atoms with Crippen molar-refractivity contribution in [3.8, 4) is 0 Å². The van der Waals surface area contributed by atoms with Crippen LogP contribution in [0.1, 0.15) is 51.6 Å². The fraction of sp³-hybridized carbons (Fsp3) is 0.667. The number of piperidine rings is 1. The van der Waals surface area contributed by atoms with Crippen LogP contribution in [-0.4, -0.2) is 30.6 Å². The zero-order chi connectivity index (χ0) is 14.4. The first kappa shape index (κ1) is 15.5. The van der Waals surface area contributed by atoms with Gasteiger partial charge in [-0.25, -0.2) is 0 Å². The Bertz CT molecular complexity index is 376. The molecule has 0 radical (unpaired) electrons. The number of rotatable bonds is 6. The second-order valence-electron chi connectivity index (χ2n) is 6.16. The van der Waals surface area contributed by atoms with Gasteiger partial charge in [0.2, 0.25) is 0 Å². The molecule has 1 fully saturated rings. The molecule has 0 bridgehead atoms. The van der Waals surface area contributed by atoms with E-state index in [1.165, 1.54) is 37.9 Å². The first-order chi connectivity index (χ1) is 9.76. The maximum Gasteiger partial charge on any atom is 0.0345 e. The topological polar surface area (TPSA) is 15.3 Å². The molecule has 2 heteroatoms. The zero-order valence-corrected chi connectivity index (χ0v) is 13.3. The Hall–Kier alpha value is -0.860. The molecule has 0 amide bonds. The molecule has 20 heavy (non-hydrogen) atoms. The van der Waals surface area contributed by atoms with Gasteiger partial charge >= 0.3 is 0 Å². The summed E-state index contributed by atoms with van der Waals surface area (Å²) >= 11 is 0. The van der Waals surface area contributed by atoms with E-state index in [1.54, 1.807) is 0 Å². The highest BCUT2D eigenvalue weighted by molar-refractivity contribution is 5.19. The van der Waals surface area contributed by atoms with Gasteiger partial charge in [-0.3, -0.25) is 4.90 Å². The fourth-order valence-electron chi connectivity index (χ4n) is 3.47. The molecule has 1 aromatic rings. The normalized spacial score (nSPS) is 25.6. The molecule has 1 aliphatic heterocycles. The van der Waals surface area contributed by atoms with E-state index in [0.29, 0.717) is 12.1 Å². The van der Waals surface area contributed by atoms with Crippen LogP contribution in [0.25, 0.3) is 0 Å². The van der Waals surface area contributed by atoms with Gasteiger partial charge in [0, 0.05) is 25.2 Å². The molecule has 1 saturated heterocycles. The third kappa shape index (κ3) is 3.83. The number of nitrogens with zero attached hydrogens (tertiary/aromatic N) is 1. The minimum atomic E-state index is 0.589. The Morgan fingerprint density at radius 1 is 1.25 bits per heavy atom. The van der Waals surface area contributed by atoms with Gasteiger partial charge in [0.1, 0.15) is 0 Å². The number of nitrogens with one attached hydrogen (secondary N) is 1. The average Bonchev–Trinajstić information content (AvgIpc) is 2.48. The Morgan fingerprint density at radius 3 is 2.60 bits per heavy atom. The second-order valence-corrected chi connectivity index (χ2v) is 6.16. The van der Waals surface area contributed by atoms with Crippen molar-refractivity contribution in [1.29, 1.82) is 0 Å². The van der Waals surface area contributed by atoms with Crippen LogP contribution < -0.4 is 5.32 Å². The summed E-state index contributed by atoms with van der Waals surface area (Å²) in [4.78, 5) is 2.68. The lowest BCUT2D eigenvalue weighted by Crippen LogP contribution is -2.49. The third-order valence-corrected chi connectivity index (χ3v) is 4.61.